The lowest BCUT2D eigenvalue weighted by Gasteiger charge is -2.35. The molecule has 2 heterocycles. The first-order valence-electron chi connectivity index (χ1n) is 6.22. The van der Waals surface area contributed by atoms with Crippen LogP contribution in [0.25, 0.3) is 0 Å². The molecule has 2 aliphatic heterocycles. The van der Waals surface area contributed by atoms with E-state index in [2.05, 4.69) is 5.32 Å². The molecule has 0 atom stereocenters. The van der Waals surface area contributed by atoms with Crippen LogP contribution in [0.3, 0.4) is 0 Å². The summed E-state index contributed by atoms with van der Waals surface area (Å²) in [7, 11) is 0. The second-order valence-electron chi connectivity index (χ2n) is 4.67. The van der Waals surface area contributed by atoms with E-state index >= 15 is 0 Å². The number of hydrogen-bond acceptors (Lipinski definition) is 3. The van der Waals surface area contributed by atoms with Crippen LogP contribution in [0, 0.1) is 5.92 Å². The largest absolute Gasteiger partial charge is 0.351 e. The Morgan fingerprint density at radius 3 is 2.12 bits per heavy atom. The number of nitrogens with zero attached hydrogens (tertiary/aromatic N) is 2. The normalized spacial score (nSPS) is 22.6. The molecule has 0 aromatic rings. The minimum Gasteiger partial charge on any atom is -0.351 e. The predicted molar refractivity (Wildman–Crippen MR) is 63.3 cm³/mol. The van der Waals surface area contributed by atoms with E-state index in [1.807, 2.05) is 4.90 Å². The number of nitrogens with one attached hydrogen (secondary N) is 1. The summed E-state index contributed by atoms with van der Waals surface area (Å²) in [6.45, 7) is 4.58. The number of piperidine rings is 1. The summed E-state index contributed by atoms with van der Waals surface area (Å²) in [6, 6.07) is -0.377. The molecule has 96 valence electrons. The monoisotopic (exact) mass is 240 g/mol. The minimum atomic E-state index is -0.377. The average Bonchev–Trinajstić information content (AvgIpc) is 2.39. The smallest absolute Gasteiger partial charge is 0.314 e. The van der Waals surface area contributed by atoms with Crippen molar-refractivity contribution in [3.05, 3.63) is 0 Å². The van der Waals surface area contributed by atoms with Gasteiger partial charge in [0.05, 0.1) is 0 Å². The van der Waals surface area contributed by atoms with Gasteiger partial charge in [-0.05, 0) is 12.8 Å². The first-order chi connectivity index (χ1) is 8.18. The molecule has 3 N–H and O–H groups in total. The highest BCUT2D eigenvalue weighted by Crippen LogP contribution is 2.19. The zero-order valence-electron chi connectivity index (χ0n) is 10.0. The standard InChI is InChI=1S/C11H20N4O2/c12-11(17)15-5-1-9(2-6-15)10(16)14-7-3-13-4-8-14/h9,13H,1-8H2,(H2,12,17). The van der Waals surface area contributed by atoms with Gasteiger partial charge in [-0.3, -0.25) is 4.79 Å². The molecule has 2 saturated heterocycles. The van der Waals surface area contributed by atoms with Crippen LogP contribution < -0.4 is 11.1 Å². The van der Waals surface area contributed by atoms with Gasteiger partial charge >= 0.3 is 6.03 Å². The molecule has 0 radical (unpaired) electrons. The molecule has 2 rings (SSSR count). The number of hydrogen-bond donors (Lipinski definition) is 2. The third kappa shape index (κ3) is 2.88. The van der Waals surface area contributed by atoms with Gasteiger partial charge < -0.3 is 20.9 Å². The lowest BCUT2D eigenvalue weighted by molar-refractivity contribution is -0.137. The van der Waals surface area contributed by atoms with Crippen molar-refractivity contribution in [3.63, 3.8) is 0 Å². The van der Waals surface area contributed by atoms with Crippen molar-refractivity contribution < 1.29 is 9.59 Å². The van der Waals surface area contributed by atoms with E-state index in [-0.39, 0.29) is 17.9 Å². The maximum Gasteiger partial charge on any atom is 0.314 e. The van der Waals surface area contributed by atoms with Crippen molar-refractivity contribution in [1.82, 2.24) is 15.1 Å². The number of carbonyl (C=O) groups excluding carboxylic acids is 2. The highest BCUT2D eigenvalue weighted by atomic mass is 16.2. The molecule has 3 amide bonds. The van der Waals surface area contributed by atoms with Crippen LogP contribution in [0.2, 0.25) is 0 Å². The molecule has 0 unspecified atom stereocenters. The van der Waals surface area contributed by atoms with E-state index in [1.165, 1.54) is 0 Å². The number of primary amides is 1. The molecule has 0 aliphatic carbocycles. The van der Waals surface area contributed by atoms with Gasteiger partial charge in [0.15, 0.2) is 0 Å². The molecular weight excluding hydrogens is 220 g/mol. The van der Waals surface area contributed by atoms with Crippen molar-refractivity contribution in [3.8, 4) is 0 Å². The fraction of sp³-hybridized carbons (Fsp3) is 0.818. The van der Waals surface area contributed by atoms with Gasteiger partial charge in [-0.1, -0.05) is 0 Å². The van der Waals surface area contributed by atoms with Gasteiger partial charge in [-0.15, -0.1) is 0 Å². The molecule has 0 bridgehead atoms. The van der Waals surface area contributed by atoms with Crippen molar-refractivity contribution in [1.29, 1.82) is 0 Å². The quantitative estimate of drug-likeness (QED) is 0.630. The Morgan fingerprint density at radius 2 is 1.59 bits per heavy atom. The van der Waals surface area contributed by atoms with Gasteiger partial charge in [0, 0.05) is 45.2 Å². The number of carbonyl (C=O) groups is 2. The van der Waals surface area contributed by atoms with Gasteiger partial charge in [0.2, 0.25) is 5.91 Å². The lowest BCUT2D eigenvalue weighted by Crippen LogP contribution is -2.51. The summed E-state index contributed by atoms with van der Waals surface area (Å²) >= 11 is 0. The first kappa shape index (κ1) is 12.2. The minimum absolute atomic E-state index is 0.0729. The van der Waals surface area contributed by atoms with Crippen molar-refractivity contribution in [2.75, 3.05) is 39.3 Å². The van der Waals surface area contributed by atoms with E-state index in [0.29, 0.717) is 13.1 Å². The topological polar surface area (TPSA) is 78.7 Å². The summed E-state index contributed by atoms with van der Waals surface area (Å²) in [5.41, 5.74) is 5.21. The highest BCUT2D eigenvalue weighted by Gasteiger charge is 2.29. The molecule has 6 nitrogen and oxygen atoms in total. The van der Waals surface area contributed by atoms with Crippen LogP contribution >= 0.6 is 0 Å². The van der Waals surface area contributed by atoms with Gasteiger partial charge in [0.1, 0.15) is 0 Å². The summed E-state index contributed by atoms with van der Waals surface area (Å²) in [4.78, 5) is 26.7. The Labute approximate surface area is 101 Å². The van der Waals surface area contributed by atoms with Gasteiger partial charge in [-0.2, -0.15) is 0 Å². The highest BCUT2D eigenvalue weighted by molar-refractivity contribution is 5.79. The van der Waals surface area contributed by atoms with Crippen LogP contribution in [0.15, 0.2) is 0 Å². The third-order valence-corrected chi connectivity index (χ3v) is 3.58. The Morgan fingerprint density at radius 1 is 1.00 bits per heavy atom. The fourth-order valence-corrected chi connectivity index (χ4v) is 2.49. The molecule has 0 aromatic heterocycles. The lowest BCUT2D eigenvalue weighted by atomic mass is 9.95. The van der Waals surface area contributed by atoms with Crippen LogP contribution in [-0.2, 0) is 4.79 Å². The van der Waals surface area contributed by atoms with E-state index < -0.39 is 0 Å². The summed E-state index contributed by atoms with van der Waals surface area (Å²) < 4.78 is 0. The number of nitrogens with two attached hydrogens (primary N) is 1. The second-order valence-corrected chi connectivity index (χ2v) is 4.67. The second kappa shape index (κ2) is 5.35. The van der Waals surface area contributed by atoms with Crippen LogP contribution in [-0.4, -0.2) is 61.0 Å². The molecule has 0 saturated carbocycles. The molecule has 2 fully saturated rings. The van der Waals surface area contributed by atoms with E-state index in [0.717, 1.165) is 39.0 Å². The third-order valence-electron chi connectivity index (χ3n) is 3.58. The predicted octanol–water partition coefficient (Wildman–Crippen LogP) is -0.791. The van der Waals surface area contributed by atoms with Crippen LogP contribution in [0.1, 0.15) is 12.8 Å². The van der Waals surface area contributed by atoms with Crippen molar-refractivity contribution >= 4 is 11.9 Å². The molecule has 17 heavy (non-hydrogen) atoms. The molecular formula is C11H20N4O2. The number of amides is 3. The number of rotatable bonds is 1. The van der Waals surface area contributed by atoms with Crippen molar-refractivity contribution in [2.24, 2.45) is 11.7 Å². The Balaban J connectivity index is 1.83. The zero-order valence-corrected chi connectivity index (χ0v) is 10.0. The zero-order chi connectivity index (χ0) is 12.3. The molecule has 0 aromatic carbocycles. The van der Waals surface area contributed by atoms with Gasteiger partial charge in [0.25, 0.3) is 0 Å². The number of piperazine rings is 1. The summed E-state index contributed by atoms with van der Waals surface area (Å²) in [6.07, 6.45) is 1.48. The number of likely N-dealkylation sites (tertiary alicyclic amines) is 1. The van der Waals surface area contributed by atoms with Crippen LogP contribution in [0.4, 0.5) is 4.79 Å². The SMILES string of the molecule is NC(=O)N1CCC(C(=O)N2CCNCC2)CC1. The first-order valence-corrected chi connectivity index (χ1v) is 6.22. The Kier molecular flexibility index (Phi) is 3.83. The van der Waals surface area contributed by atoms with E-state index in [1.54, 1.807) is 4.90 Å². The average molecular weight is 240 g/mol. The van der Waals surface area contributed by atoms with E-state index in [9.17, 15) is 9.59 Å². The summed E-state index contributed by atoms with van der Waals surface area (Å²) in [5.74, 6) is 0.319. The summed E-state index contributed by atoms with van der Waals surface area (Å²) in [5, 5.41) is 3.23. The van der Waals surface area contributed by atoms with Crippen molar-refractivity contribution in [2.45, 2.75) is 12.8 Å². The Hall–Kier alpha value is -1.30. The molecule has 6 heteroatoms. The number of urea groups is 1. The van der Waals surface area contributed by atoms with Gasteiger partial charge in [-0.25, -0.2) is 4.79 Å². The Bertz CT molecular complexity index is 294. The maximum absolute atomic E-state index is 12.2. The molecule has 0 spiro atoms. The maximum atomic E-state index is 12.2. The fourth-order valence-electron chi connectivity index (χ4n) is 2.49. The molecule has 2 aliphatic rings. The van der Waals surface area contributed by atoms with Crippen LogP contribution in [0.5, 0.6) is 0 Å². The van der Waals surface area contributed by atoms with E-state index in [4.69, 9.17) is 5.73 Å².